The van der Waals surface area contributed by atoms with Gasteiger partial charge in [-0.1, -0.05) is 29.8 Å². The van der Waals surface area contributed by atoms with Crippen LogP contribution >= 0.6 is 0 Å². The van der Waals surface area contributed by atoms with E-state index in [-0.39, 0.29) is 30.7 Å². The highest BCUT2D eigenvalue weighted by molar-refractivity contribution is 5.96. The molecule has 0 fully saturated rings. The number of carbonyl (C=O) groups excluding carboxylic acids is 3. The topological polar surface area (TPSA) is 87.3 Å². The number of hydrogen-bond donors (Lipinski definition) is 3. The van der Waals surface area contributed by atoms with Gasteiger partial charge in [0.25, 0.3) is 0 Å². The van der Waals surface area contributed by atoms with Gasteiger partial charge in [-0.2, -0.15) is 0 Å². The fourth-order valence-corrected chi connectivity index (χ4v) is 2.90. The first-order valence-electron chi connectivity index (χ1n) is 8.75. The van der Waals surface area contributed by atoms with Gasteiger partial charge in [0.15, 0.2) is 0 Å². The number of carbonyl (C=O) groups is 3. The average molecular weight is 367 g/mol. The van der Waals surface area contributed by atoms with Gasteiger partial charge in [0.2, 0.25) is 17.7 Å². The zero-order valence-electron chi connectivity index (χ0n) is 16.1. The van der Waals surface area contributed by atoms with Crippen molar-refractivity contribution in [3.63, 3.8) is 0 Å². The molecule has 3 N–H and O–H groups in total. The zero-order chi connectivity index (χ0) is 20.0. The Bertz CT molecular complexity index is 834. The molecule has 0 aliphatic rings. The molecule has 2 aromatic rings. The van der Waals surface area contributed by atoms with Gasteiger partial charge in [0.05, 0.1) is 13.0 Å². The molecule has 6 heteroatoms. The Morgan fingerprint density at radius 1 is 0.852 bits per heavy atom. The van der Waals surface area contributed by atoms with Crippen molar-refractivity contribution in [3.05, 3.63) is 58.7 Å². The Labute approximate surface area is 159 Å². The molecule has 0 aromatic heterocycles. The number of anilines is 2. The van der Waals surface area contributed by atoms with Crippen molar-refractivity contribution in [3.8, 4) is 0 Å². The quantitative estimate of drug-likeness (QED) is 0.734. The summed E-state index contributed by atoms with van der Waals surface area (Å²) < 4.78 is 0. The van der Waals surface area contributed by atoms with E-state index in [0.29, 0.717) is 5.69 Å². The molecular weight excluding hydrogens is 342 g/mol. The molecule has 0 heterocycles. The molecule has 3 amide bonds. The summed E-state index contributed by atoms with van der Waals surface area (Å²) >= 11 is 0. The van der Waals surface area contributed by atoms with Crippen LogP contribution in [-0.4, -0.2) is 24.3 Å². The lowest BCUT2D eigenvalue weighted by Gasteiger charge is -2.13. The maximum Gasteiger partial charge on any atom is 0.243 e. The van der Waals surface area contributed by atoms with Crippen molar-refractivity contribution in [1.29, 1.82) is 0 Å². The van der Waals surface area contributed by atoms with Crippen LogP contribution < -0.4 is 16.0 Å². The van der Waals surface area contributed by atoms with E-state index in [1.54, 1.807) is 24.3 Å². The van der Waals surface area contributed by atoms with Gasteiger partial charge in [-0.05, 0) is 49.6 Å². The fourth-order valence-electron chi connectivity index (χ4n) is 2.90. The van der Waals surface area contributed by atoms with Crippen LogP contribution in [-0.2, 0) is 20.8 Å². The van der Waals surface area contributed by atoms with Crippen molar-refractivity contribution in [2.24, 2.45) is 0 Å². The van der Waals surface area contributed by atoms with E-state index in [1.165, 1.54) is 6.92 Å². The van der Waals surface area contributed by atoms with E-state index in [4.69, 9.17) is 0 Å². The molecule has 27 heavy (non-hydrogen) atoms. The van der Waals surface area contributed by atoms with Gasteiger partial charge in [-0.3, -0.25) is 14.4 Å². The summed E-state index contributed by atoms with van der Waals surface area (Å²) in [4.78, 5) is 35.2. The van der Waals surface area contributed by atoms with E-state index in [0.717, 1.165) is 27.9 Å². The summed E-state index contributed by atoms with van der Waals surface area (Å²) in [6, 6.07) is 11.0. The molecule has 6 nitrogen and oxygen atoms in total. The predicted octanol–water partition coefficient (Wildman–Crippen LogP) is 2.87. The van der Waals surface area contributed by atoms with Crippen LogP contribution in [0.1, 0.15) is 29.2 Å². The van der Waals surface area contributed by atoms with Crippen LogP contribution in [0.5, 0.6) is 0 Å². The van der Waals surface area contributed by atoms with Crippen LogP contribution in [0.3, 0.4) is 0 Å². The highest BCUT2D eigenvalue weighted by Gasteiger charge is 2.10. The monoisotopic (exact) mass is 367 g/mol. The normalized spacial score (nSPS) is 10.2. The van der Waals surface area contributed by atoms with Gasteiger partial charge in [-0.15, -0.1) is 0 Å². The standard InChI is InChI=1S/C21H25N3O3/c1-13-9-14(2)21(15(3)10-13)24-20(27)12-22-19(26)11-17-5-7-18(8-6-17)23-16(4)25/h5-10H,11-12H2,1-4H3,(H,22,26)(H,23,25)(H,24,27). The summed E-state index contributed by atoms with van der Waals surface area (Å²) in [6.45, 7) is 7.24. The van der Waals surface area contributed by atoms with Crippen LogP contribution in [0.2, 0.25) is 0 Å². The minimum Gasteiger partial charge on any atom is -0.347 e. The molecule has 0 atom stereocenters. The van der Waals surface area contributed by atoms with Gasteiger partial charge in [-0.25, -0.2) is 0 Å². The van der Waals surface area contributed by atoms with Gasteiger partial charge < -0.3 is 16.0 Å². The highest BCUT2D eigenvalue weighted by atomic mass is 16.2. The summed E-state index contributed by atoms with van der Waals surface area (Å²) in [7, 11) is 0. The second kappa shape index (κ2) is 8.98. The maximum atomic E-state index is 12.1. The summed E-state index contributed by atoms with van der Waals surface area (Å²) in [5, 5.41) is 8.15. The Morgan fingerprint density at radius 3 is 2.00 bits per heavy atom. The highest BCUT2D eigenvalue weighted by Crippen LogP contribution is 2.21. The SMILES string of the molecule is CC(=O)Nc1ccc(CC(=O)NCC(=O)Nc2c(C)cc(C)cc2C)cc1. The molecule has 0 aliphatic heterocycles. The third-order valence-electron chi connectivity index (χ3n) is 4.03. The first kappa shape index (κ1) is 20.2. The summed E-state index contributed by atoms with van der Waals surface area (Å²) in [6.07, 6.45) is 0.163. The van der Waals surface area contributed by atoms with Crippen molar-refractivity contribution in [1.82, 2.24) is 5.32 Å². The Balaban J connectivity index is 1.85. The average Bonchev–Trinajstić information content (AvgIpc) is 2.57. The third kappa shape index (κ3) is 6.26. The van der Waals surface area contributed by atoms with Crippen LogP contribution in [0.25, 0.3) is 0 Å². The maximum absolute atomic E-state index is 12.1. The van der Waals surface area contributed by atoms with Gasteiger partial charge in [0.1, 0.15) is 0 Å². The van der Waals surface area contributed by atoms with Crippen molar-refractivity contribution >= 4 is 29.1 Å². The molecule has 0 saturated carbocycles. The number of hydrogen-bond acceptors (Lipinski definition) is 3. The number of benzene rings is 2. The van der Waals surface area contributed by atoms with Gasteiger partial charge >= 0.3 is 0 Å². The number of nitrogens with one attached hydrogen (secondary N) is 3. The fraction of sp³-hybridized carbons (Fsp3) is 0.286. The lowest BCUT2D eigenvalue weighted by molar-refractivity contribution is -0.123. The van der Waals surface area contributed by atoms with E-state index in [2.05, 4.69) is 16.0 Å². The first-order valence-corrected chi connectivity index (χ1v) is 8.75. The Kier molecular flexibility index (Phi) is 6.71. The van der Waals surface area contributed by atoms with Crippen LogP contribution in [0.4, 0.5) is 11.4 Å². The minimum atomic E-state index is -0.264. The molecule has 142 valence electrons. The van der Waals surface area contributed by atoms with E-state index in [1.807, 2.05) is 32.9 Å². The minimum absolute atomic E-state index is 0.0877. The molecule has 0 unspecified atom stereocenters. The third-order valence-corrected chi connectivity index (χ3v) is 4.03. The van der Waals surface area contributed by atoms with Crippen LogP contribution in [0.15, 0.2) is 36.4 Å². The van der Waals surface area contributed by atoms with Crippen molar-refractivity contribution in [2.75, 3.05) is 17.2 Å². The summed E-state index contributed by atoms with van der Waals surface area (Å²) in [5.74, 6) is -0.653. The second-order valence-electron chi connectivity index (χ2n) is 6.65. The van der Waals surface area contributed by atoms with Crippen molar-refractivity contribution < 1.29 is 14.4 Å². The summed E-state index contributed by atoms with van der Waals surface area (Å²) in [5.41, 5.74) is 5.38. The predicted molar refractivity (Wildman–Crippen MR) is 107 cm³/mol. The number of aryl methyl sites for hydroxylation is 3. The van der Waals surface area contributed by atoms with Crippen molar-refractivity contribution in [2.45, 2.75) is 34.1 Å². The molecule has 2 rings (SSSR count). The number of amides is 3. The molecule has 2 aromatic carbocycles. The molecule has 0 spiro atoms. The first-order chi connectivity index (χ1) is 12.7. The van der Waals surface area contributed by atoms with E-state index < -0.39 is 0 Å². The number of rotatable bonds is 6. The molecular formula is C21H25N3O3. The smallest absolute Gasteiger partial charge is 0.243 e. The van der Waals surface area contributed by atoms with E-state index in [9.17, 15) is 14.4 Å². The Morgan fingerprint density at radius 2 is 1.44 bits per heavy atom. The van der Waals surface area contributed by atoms with Gasteiger partial charge in [0, 0.05) is 18.3 Å². The molecule has 0 aliphatic carbocycles. The molecule has 0 radical (unpaired) electrons. The molecule has 0 saturated heterocycles. The second-order valence-corrected chi connectivity index (χ2v) is 6.65. The lowest BCUT2D eigenvalue weighted by atomic mass is 10.1. The zero-order valence-corrected chi connectivity index (χ0v) is 16.1. The largest absolute Gasteiger partial charge is 0.347 e. The molecule has 0 bridgehead atoms. The lowest BCUT2D eigenvalue weighted by Crippen LogP contribution is -2.34. The van der Waals surface area contributed by atoms with E-state index >= 15 is 0 Å². The Hall–Kier alpha value is -3.15. The van der Waals surface area contributed by atoms with Crippen LogP contribution in [0, 0.1) is 20.8 Å².